The van der Waals surface area contributed by atoms with E-state index in [-0.39, 0.29) is 23.6 Å². The van der Waals surface area contributed by atoms with Crippen molar-refractivity contribution in [3.63, 3.8) is 0 Å². The number of methoxy groups -OCH3 is 1. The average Bonchev–Trinajstić information content (AvgIpc) is 3.08. The van der Waals surface area contributed by atoms with Gasteiger partial charge in [0.05, 0.1) is 23.5 Å². The quantitative estimate of drug-likeness (QED) is 0.567. The third kappa shape index (κ3) is 3.47. The zero-order chi connectivity index (χ0) is 22.3. The van der Waals surface area contributed by atoms with Gasteiger partial charge in [0.1, 0.15) is 18.2 Å². The molecule has 7 heteroatoms. The molecule has 0 spiro atoms. The van der Waals surface area contributed by atoms with Crippen molar-refractivity contribution in [2.45, 2.75) is 38.8 Å². The van der Waals surface area contributed by atoms with Gasteiger partial charge in [-0.15, -0.1) is 0 Å². The van der Waals surface area contributed by atoms with E-state index in [2.05, 4.69) is 0 Å². The monoisotopic (exact) mass is 424 g/mol. The van der Waals surface area contributed by atoms with E-state index in [9.17, 15) is 19.1 Å². The van der Waals surface area contributed by atoms with Crippen LogP contribution in [0.15, 0.2) is 23.3 Å². The van der Waals surface area contributed by atoms with E-state index in [0.717, 1.165) is 35.8 Å². The molecule has 0 bridgehead atoms. The van der Waals surface area contributed by atoms with Gasteiger partial charge in [0, 0.05) is 43.3 Å². The Morgan fingerprint density at radius 2 is 2.06 bits per heavy atom. The molecule has 0 amide bonds. The zero-order valence-corrected chi connectivity index (χ0v) is 17.9. The number of halogens is 1. The number of hydrogen-bond acceptors (Lipinski definition) is 6. The van der Waals surface area contributed by atoms with Crippen molar-refractivity contribution in [1.82, 2.24) is 9.88 Å². The van der Waals surface area contributed by atoms with Crippen molar-refractivity contribution in [3.05, 3.63) is 57.1 Å². The van der Waals surface area contributed by atoms with Gasteiger partial charge in [-0.3, -0.25) is 4.79 Å². The van der Waals surface area contributed by atoms with Crippen molar-refractivity contribution in [1.29, 1.82) is 0 Å². The molecule has 2 aliphatic rings. The normalized spacial score (nSPS) is 18.2. The molecular weight excluding hydrogens is 399 g/mol. The molecule has 6 nitrogen and oxygen atoms in total. The lowest BCUT2D eigenvalue weighted by Crippen LogP contribution is -2.17. The lowest BCUT2D eigenvalue weighted by atomic mass is 9.85. The number of benzene rings is 1. The van der Waals surface area contributed by atoms with E-state index in [4.69, 9.17) is 9.72 Å². The lowest BCUT2D eigenvalue weighted by molar-refractivity contribution is -0.113. The maximum absolute atomic E-state index is 14.6. The Balaban J connectivity index is 1.98. The Kier molecular flexibility index (Phi) is 5.73. The molecule has 1 aliphatic heterocycles. The van der Waals surface area contributed by atoms with Gasteiger partial charge in [0.2, 0.25) is 0 Å². The van der Waals surface area contributed by atoms with E-state index < -0.39 is 6.10 Å². The fraction of sp³-hybridized carbons (Fsp3) is 0.375. The summed E-state index contributed by atoms with van der Waals surface area (Å²) < 4.78 is 19.6. The number of aldehydes is 2. The van der Waals surface area contributed by atoms with Gasteiger partial charge in [-0.1, -0.05) is 0 Å². The second kappa shape index (κ2) is 8.32. The fourth-order valence-corrected chi connectivity index (χ4v) is 4.72. The summed E-state index contributed by atoms with van der Waals surface area (Å²) in [5.74, 6) is -0.264. The molecule has 0 fully saturated rings. The molecule has 0 saturated carbocycles. The van der Waals surface area contributed by atoms with Crippen LogP contribution in [0.25, 0.3) is 16.6 Å². The first kappa shape index (κ1) is 21.3. The van der Waals surface area contributed by atoms with Crippen molar-refractivity contribution in [3.8, 4) is 0 Å². The molecule has 162 valence electrons. The highest BCUT2D eigenvalue weighted by Crippen LogP contribution is 2.41. The first-order valence-corrected chi connectivity index (χ1v) is 10.3. The summed E-state index contributed by atoms with van der Waals surface area (Å²) in [5.41, 5.74) is 6.32. The predicted molar refractivity (Wildman–Crippen MR) is 115 cm³/mol. The Morgan fingerprint density at radius 1 is 1.32 bits per heavy atom. The van der Waals surface area contributed by atoms with E-state index in [1.807, 2.05) is 18.9 Å². The number of aliphatic hydroxyl groups excluding tert-OH is 1. The molecule has 4 rings (SSSR count). The van der Waals surface area contributed by atoms with Crippen LogP contribution < -0.4 is 0 Å². The first-order chi connectivity index (χ1) is 14.9. The highest BCUT2D eigenvalue weighted by molar-refractivity contribution is 5.92. The fourth-order valence-electron chi connectivity index (χ4n) is 4.72. The molecule has 0 radical (unpaired) electrons. The number of carbonyl (C=O) groups is 2. The number of ether oxygens (including phenoxy) is 1. The molecule has 1 unspecified atom stereocenters. The van der Waals surface area contributed by atoms with Gasteiger partial charge in [0.15, 0.2) is 6.29 Å². The lowest BCUT2D eigenvalue weighted by Gasteiger charge is -2.21. The van der Waals surface area contributed by atoms with Gasteiger partial charge >= 0.3 is 0 Å². The molecule has 2 heterocycles. The first-order valence-electron chi connectivity index (χ1n) is 10.3. The molecule has 1 aromatic carbocycles. The summed E-state index contributed by atoms with van der Waals surface area (Å²) in [7, 11) is 3.33. The Labute approximate surface area is 180 Å². The SMILES string of the molecule is COC/C(C=O)=C(/C=C1/c2nc3cc(F)c(C)c4c3c(c2CN1C)CCC4)C(O)C=O. The summed E-state index contributed by atoms with van der Waals surface area (Å²) in [6.07, 6.45) is 3.79. The Bertz CT molecular complexity index is 1150. The molecular formula is C24H25FN2O4. The molecule has 2 aromatic rings. The van der Waals surface area contributed by atoms with Gasteiger partial charge in [0.25, 0.3) is 0 Å². The summed E-state index contributed by atoms with van der Waals surface area (Å²) in [6.45, 7) is 2.40. The van der Waals surface area contributed by atoms with Crippen LogP contribution in [0, 0.1) is 12.7 Å². The summed E-state index contributed by atoms with van der Waals surface area (Å²) in [4.78, 5) is 29.7. The molecule has 1 aliphatic carbocycles. The third-order valence-electron chi connectivity index (χ3n) is 6.27. The standard InChI is InChI=1S/C24H25FN2O4/c1-13-15-5-4-6-16-18-9-27(2)21(24(18)26-20(23(15)16)8-19(13)25)7-17(22(30)11-29)14(10-28)12-31-3/h7-8,10-11,22,30H,4-6,9,12H2,1-3H3/b17-14-,21-7-. The second-order valence-electron chi connectivity index (χ2n) is 8.13. The molecule has 1 N–H and O–H groups in total. The smallest absolute Gasteiger partial charge is 0.153 e. The van der Waals surface area contributed by atoms with Crippen molar-refractivity contribution >= 4 is 29.2 Å². The number of pyridine rings is 1. The maximum atomic E-state index is 14.6. The maximum Gasteiger partial charge on any atom is 0.153 e. The zero-order valence-electron chi connectivity index (χ0n) is 17.9. The Hall–Kier alpha value is -2.90. The highest BCUT2D eigenvalue weighted by atomic mass is 19.1. The number of rotatable bonds is 6. The van der Waals surface area contributed by atoms with Crippen molar-refractivity contribution in [2.75, 3.05) is 20.8 Å². The van der Waals surface area contributed by atoms with Gasteiger partial charge in [-0.05, 0) is 54.5 Å². The third-order valence-corrected chi connectivity index (χ3v) is 6.27. The summed E-state index contributed by atoms with van der Waals surface area (Å²) in [6, 6.07) is 1.48. The minimum Gasteiger partial charge on any atom is -0.381 e. The van der Waals surface area contributed by atoms with Crippen LogP contribution in [0.1, 0.15) is 34.4 Å². The van der Waals surface area contributed by atoms with Crippen molar-refractivity contribution < 1.29 is 23.8 Å². The second-order valence-corrected chi connectivity index (χ2v) is 8.13. The van der Waals surface area contributed by atoms with Gasteiger partial charge in [-0.2, -0.15) is 0 Å². The Morgan fingerprint density at radius 3 is 2.74 bits per heavy atom. The molecule has 31 heavy (non-hydrogen) atoms. The minimum atomic E-state index is -1.47. The topological polar surface area (TPSA) is 79.7 Å². The number of aromatic nitrogens is 1. The number of carbonyl (C=O) groups excluding carboxylic acids is 2. The molecule has 0 saturated heterocycles. The number of nitrogens with zero attached hydrogens (tertiary/aromatic N) is 2. The molecule has 1 aromatic heterocycles. The van der Waals surface area contributed by atoms with E-state index >= 15 is 0 Å². The van der Waals surface area contributed by atoms with E-state index in [1.165, 1.54) is 18.7 Å². The van der Waals surface area contributed by atoms with Gasteiger partial charge < -0.3 is 19.5 Å². The number of aliphatic hydroxyl groups is 1. The van der Waals surface area contributed by atoms with Crippen LogP contribution in [0.5, 0.6) is 0 Å². The van der Waals surface area contributed by atoms with Gasteiger partial charge in [-0.25, -0.2) is 9.37 Å². The average molecular weight is 424 g/mol. The number of fused-ring (bicyclic) bond motifs is 2. The van der Waals surface area contributed by atoms with E-state index in [0.29, 0.717) is 41.6 Å². The summed E-state index contributed by atoms with van der Waals surface area (Å²) in [5, 5.41) is 11.3. The van der Waals surface area contributed by atoms with E-state index in [1.54, 1.807) is 6.08 Å². The van der Waals surface area contributed by atoms with Crippen LogP contribution >= 0.6 is 0 Å². The van der Waals surface area contributed by atoms with Crippen LogP contribution in [-0.4, -0.2) is 54.4 Å². The van der Waals surface area contributed by atoms with Crippen LogP contribution in [0.4, 0.5) is 4.39 Å². The van der Waals surface area contributed by atoms with Crippen molar-refractivity contribution in [2.24, 2.45) is 0 Å². The summed E-state index contributed by atoms with van der Waals surface area (Å²) >= 11 is 0. The highest BCUT2D eigenvalue weighted by Gasteiger charge is 2.31. The number of hydrogen-bond donors (Lipinski definition) is 1. The number of aryl methyl sites for hydroxylation is 2. The predicted octanol–water partition coefficient (Wildman–Crippen LogP) is 2.66. The van der Waals surface area contributed by atoms with Crippen LogP contribution in [-0.2, 0) is 33.7 Å². The minimum absolute atomic E-state index is 0.0334. The van der Waals surface area contributed by atoms with Crippen LogP contribution in [0.3, 0.4) is 0 Å². The van der Waals surface area contributed by atoms with Crippen LogP contribution in [0.2, 0.25) is 0 Å². The largest absolute Gasteiger partial charge is 0.381 e. The molecule has 1 atom stereocenters.